The molecule has 0 aliphatic carbocycles. The number of benzene rings is 1. The molecule has 2 atom stereocenters. The molecular weight excluding hydrogens is 430 g/mol. The lowest BCUT2D eigenvalue weighted by atomic mass is 10.1. The smallest absolute Gasteiger partial charge is 0.341 e. The summed E-state index contributed by atoms with van der Waals surface area (Å²) in [6.45, 7) is 2.92. The highest BCUT2D eigenvalue weighted by molar-refractivity contribution is 7.91. The van der Waals surface area contributed by atoms with Crippen LogP contribution in [-0.2, 0) is 19.4 Å². The molecule has 0 radical (unpaired) electrons. The van der Waals surface area contributed by atoms with E-state index in [4.69, 9.17) is 9.84 Å². The average Bonchev–Trinajstić information content (AvgIpc) is 3.09. The fraction of sp³-hybridized carbons (Fsp3) is 0.579. The van der Waals surface area contributed by atoms with Crippen molar-refractivity contribution in [2.24, 2.45) is 0 Å². The molecule has 172 valence electrons. The Kier molecular flexibility index (Phi) is 8.34. The summed E-state index contributed by atoms with van der Waals surface area (Å²) in [5.74, 6) is -1.59. The van der Waals surface area contributed by atoms with Gasteiger partial charge < -0.3 is 20.1 Å². The van der Waals surface area contributed by atoms with Crippen LogP contribution in [0.1, 0.15) is 37.0 Å². The summed E-state index contributed by atoms with van der Waals surface area (Å²) in [5, 5.41) is 22.8. The van der Waals surface area contributed by atoms with Gasteiger partial charge in [-0.25, -0.2) is 13.2 Å². The van der Waals surface area contributed by atoms with Crippen molar-refractivity contribution in [2.75, 3.05) is 36.6 Å². The molecule has 1 amide bonds. The van der Waals surface area contributed by atoms with Crippen LogP contribution in [0.15, 0.2) is 18.2 Å². The van der Waals surface area contributed by atoms with Crippen LogP contribution in [0.3, 0.4) is 0 Å². The first kappa shape index (κ1) is 24.5. The molecular formula is C19H27N3O8S. The number of hydrogen-bond donors (Lipinski definition) is 2. The number of nitro groups is 1. The number of carbonyl (C=O) groups is 2. The van der Waals surface area contributed by atoms with Gasteiger partial charge in [0.15, 0.2) is 16.4 Å². The quantitative estimate of drug-likeness (QED) is 0.297. The van der Waals surface area contributed by atoms with E-state index in [1.54, 1.807) is 6.92 Å². The van der Waals surface area contributed by atoms with E-state index in [1.165, 1.54) is 17.0 Å². The molecule has 1 aromatic rings. The SMILES string of the molecule is CCC(C)N(C(=O)COC(=O)c1cc([N+](=O)[O-])ccc1NCCO)C1CCS(=O)(=O)C1. The van der Waals surface area contributed by atoms with Crippen molar-refractivity contribution in [3.8, 4) is 0 Å². The number of hydrogen-bond acceptors (Lipinski definition) is 9. The molecule has 1 heterocycles. The molecule has 0 bridgehead atoms. The van der Waals surface area contributed by atoms with Crippen LogP contribution in [0.2, 0.25) is 0 Å². The summed E-state index contributed by atoms with van der Waals surface area (Å²) in [4.78, 5) is 37.2. The molecule has 1 saturated heterocycles. The largest absolute Gasteiger partial charge is 0.452 e. The topological polar surface area (TPSA) is 156 Å². The van der Waals surface area contributed by atoms with Crippen LogP contribution in [-0.4, -0.2) is 78.6 Å². The molecule has 1 aliphatic heterocycles. The second-order valence-electron chi connectivity index (χ2n) is 7.33. The number of esters is 1. The number of nitrogens with one attached hydrogen (secondary N) is 1. The number of rotatable bonds is 10. The second-order valence-corrected chi connectivity index (χ2v) is 9.56. The van der Waals surface area contributed by atoms with Crippen molar-refractivity contribution in [1.29, 1.82) is 0 Å². The zero-order chi connectivity index (χ0) is 23.2. The van der Waals surface area contributed by atoms with E-state index in [-0.39, 0.29) is 47.6 Å². The summed E-state index contributed by atoms with van der Waals surface area (Å²) in [6.07, 6.45) is 0.919. The van der Waals surface area contributed by atoms with E-state index in [2.05, 4.69) is 5.32 Å². The number of nitro benzene ring substituents is 1. The minimum atomic E-state index is -3.21. The third-order valence-corrected chi connectivity index (χ3v) is 6.89. The molecule has 2 rings (SSSR count). The molecule has 0 aromatic heterocycles. The maximum atomic E-state index is 12.8. The van der Waals surface area contributed by atoms with Gasteiger partial charge >= 0.3 is 5.97 Å². The zero-order valence-corrected chi connectivity index (χ0v) is 18.3. The van der Waals surface area contributed by atoms with E-state index in [0.717, 1.165) is 6.07 Å². The van der Waals surface area contributed by atoms with Gasteiger partial charge in [-0.15, -0.1) is 0 Å². The van der Waals surface area contributed by atoms with Gasteiger partial charge in [0.2, 0.25) is 0 Å². The van der Waals surface area contributed by atoms with E-state index >= 15 is 0 Å². The van der Waals surface area contributed by atoms with Crippen molar-refractivity contribution in [1.82, 2.24) is 4.90 Å². The Morgan fingerprint density at radius 1 is 1.42 bits per heavy atom. The normalized spacial score (nSPS) is 18.2. The maximum absolute atomic E-state index is 12.8. The fourth-order valence-electron chi connectivity index (χ4n) is 3.44. The summed E-state index contributed by atoms with van der Waals surface area (Å²) >= 11 is 0. The summed E-state index contributed by atoms with van der Waals surface area (Å²) in [6, 6.07) is 2.82. The summed E-state index contributed by atoms with van der Waals surface area (Å²) in [5.41, 5.74) is -0.253. The van der Waals surface area contributed by atoms with Crippen LogP contribution in [0.25, 0.3) is 0 Å². The minimum absolute atomic E-state index is 0.00520. The van der Waals surface area contributed by atoms with Crippen molar-refractivity contribution in [3.05, 3.63) is 33.9 Å². The molecule has 31 heavy (non-hydrogen) atoms. The van der Waals surface area contributed by atoms with Gasteiger partial charge in [-0.05, 0) is 25.8 Å². The second kappa shape index (κ2) is 10.5. The Morgan fingerprint density at radius 3 is 2.68 bits per heavy atom. The van der Waals surface area contributed by atoms with Gasteiger partial charge in [0.05, 0.1) is 28.6 Å². The van der Waals surface area contributed by atoms with E-state index in [0.29, 0.717) is 12.8 Å². The Balaban J connectivity index is 2.16. The van der Waals surface area contributed by atoms with Crippen LogP contribution < -0.4 is 5.32 Å². The molecule has 0 saturated carbocycles. The fourth-order valence-corrected chi connectivity index (χ4v) is 5.15. The molecule has 2 N–H and O–H groups in total. The van der Waals surface area contributed by atoms with Gasteiger partial charge in [-0.3, -0.25) is 14.9 Å². The van der Waals surface area contributed by atoms with Crippen molar-refractivity contribution in [3.63, 3.8) is 0 Å². The van der Waals surface area contributed by atoms with Crippen LogP contribution in [0.4, 0.5) is 11.4 Å². The molecule has 1 fully saturated rings. The van der Waals surface area contributed by atoms with Gasteiger partial charge in [0, 0.05) is 36.4 Å². The number of amides is 1. The lowest BCUT2D eigenvalue weighted by Gasteiger charge is -2.33. The Morgan fingerprint density at radius 2 is 2.13 bits per heavy atom. The zero-order valence-electron chi connectivity index (χ0n) is 17.4. The highest BCUT2D eigenvalue weighted by Gasteiger charge is 2.36. The molecule has 11 nitrogen and oxygen atoms in total. The lowest BCUT2D eigenvalue weighted by molar-refractivity contribution is -0.384. The Labute approximate surface area is 180 Å². The monoisotopic (exact) mass is 457 g/mol. The molecule has 1 aliphatic rings. The summed E-state index contributed by atoms with van der Waals surface area (Å²) < 4.78 is 28.8. The maximum Gasteiger partial charge on any atom is 0.341 e. The predicted molar refractivity (Wildman–Crippen MR) is 113 cm³/mol. The van der Waals surface area contributed by atoms with Crippen LogP contribution >= 0.6 is 0 Å². The third kappa shape index (κ3) is 6.37. The van der Waals surface area contributed by atoms with Gasteiger partial charge in [-0.2, -0.15) is 0 Å². The number of sulfone groups is 1. The van der Waals surface area contributed by atoms with Crippen molar-refractivity contribution in [2.45, 2.75) is 38.8 Å². The highest BCUT2D eigenvalue weighted by Crippen LogP contribution is 2.24. The molecule has 0 spiro atoms. The van der Waals surface area contributed by atoms with E-state index in [1.807, 2.05) is 6.92 Å². The number of non-ortho nitro benzene ring substituents is 1. The highest BCUT2D eigenvalue weighted by atomic mass is 32.2. The van der Waals surface area contributed by atoms with Gasteiger partial charge in [0.1, 0.15) is 0 Å². The number of aliphatic hydroxyl groups excluding tert-OH is 1. The van der Waals surface area contributed by atoms with Crippen LogP contribution in [0, 0.1) is 10.1 Å². The number of nitrogens with zero attached hydrogens (tertiary/aromatic N) is 2. The number of anilines is 1. The van der Waals surface area contributed by atoms with Crippen molar-refractivity contribution >= 4 is 33.1 Å². The predicted octanol–water partition coefficient (Wildman–Crippen LogP) is 0.970. The first-order valence-electron chi connectivity index (χ1n) is 9.91. The van der Waals surface area contributed by atoms with E-state index < -0.39 is 39.3 Å². The third-order valence-electron chi connectivity index (χ3n) is 5.14. The number of aliphatic hydroxyl groups is 1. The van der Waals surface area contributed by atoms with Crippen LogP contribution in [0.5, 0.6) is 0 Å². The summed E-state index contributed by atoms with van der Waals surface area (Å²) in [7, 11) is -3.21. The molecule has 2 unspecified atom stereocenters. The minimum Gasteiger partial charge on any atom is -0.452 e. The van der Waals surface area contributed by atoms with E-state index in [9.17, 15) is 28.1 Å². The van der Waals surface area contributed by atoms with Gasteiger partial charge in [0.25, 0.3) is 11.6 Å². The Bertz CT molecular complexity index is 934. The molecule has 12 heteroatoms. The average molecular weight is 458 g/mol. The number of ether oxygens (including phenoxy) is 1. The number of carbonyl (C=O) groups excluding carboxylic acids is 2. The Hall–Kier alpha value is -2.73. The molecule has 1 aromatic carbocycles. The van der Waals surface area contributed by atoms with Crippen molar-refractivity contribution < 1.29 is 32.8 Å². The first-order chi connectivity index (χ1) is 14.6. The first-order valence-corrected chi connectivity index (χ1v) is 11.7. The standard InChI is InChI=1S/C19H27N3O8S/c1-3-13(2)21(15-6-9-31(28,29)12-15)18(24)11-30-19(25)16-10-14(22(26)27)4-5-17(16)20-7-8-23/h4-5,10,13,15,20,23H,3,6-9,11-12H2,1-2H3. The van der Waals surface area contributed by atoms with Gasteiger partial charge in [-0.1, -0.05) is 6.92 Å². The lowest BCUT2D eigenvalue weighted by Crippen LogP contribution is -2.48.